The molecule has 1 unspecified atom stereocenters. The van der Waals surface area contributed by atoms with E-state index in [1.807, 2.05) is 4.90 Å². The standard InChI is InChI=1S/C12H22N2O4/c1-17-8-4-6-13-11(15)9-14-7-3-5-10(14)12(16)18-2/h10H,3-9H2,1-2H3,(H,13,15). The minimum absolute atomic E-state index is 0.0538. The number of amides is 1. The third-order valence-electron chi connectivity index (χ3n) is 3.03. The SMILES string of the molecule is COCCCNC(=O)CN1CCCC1C(=O)OC. The summed E-state index contributed by atoms with van der Waals surface area (Å²) >= 11 is 0. The topological polar surface area (TPSA) is 67.9 Å². The summed E-state index contributed by atoms with van der Waals surface area (Å²) in [5.74, 6) is -0.304. The summed E-state index contributed by atoms with van der Waals surface area (Å²) in [6.07, 6.45) is 2.49. The van der Waals surface area contributed by atoms with E-state index in [0.717, 1.165) is 25.8 Å². The Morgan fingerprint density at radius 3 is 2.83 bits per heavy atom. The lowest BCUT2D eigenvalue weighted by atomic mass is 10.2. The van der Waals surface area contributed by atoms with Crippen molar-refractivity contribution in [2.24, 2.45) is 0 Å². The first-order chi connectivity index (χ1) is 8.69. The van der Waals surface area contributed by atoms with E-state index in [2.05, 4.69) is 5.32 Å². The van der Waals surface area contributed by atoms with Crippen molar-refractivity contribution in [2.45, 2.75) is 25.3 Å². The van der Waals surface area contributed by atoms with Crippen molar-refractivity contribution in [2.75, 3.05) is 40.5 Å². The largest absolute Gasteiger partial charge is 0.468 e. The zero-order valence-electron chi connectivity index (χ0n) is 11.1. The zero-order chi connectivity index (χ0) is 13.4. The Morgan fingerprint density at radius 2 is 2.17 bits per heavy atom. The second-order valence-corrected chi connectivity index (χ2v) is 4.35. The first kappa shape index (κ1) is 14.9. The van der Waals surface area contributed by atoms with E-state index < -0.39 is 0 Å². The lowest BCUT2D eigenvalue weighted by Crippen LogP contribution is -2.43. The molecule has 0 aromatic heterocycles. The van der Waals surface area contributed by atoms with Gasteiger partial charge in [-0.1, -0.05) is 0 Å². The van der Waals surface area contributed by atoms with Gasteiger partial charge in [0.1, 0.15) is 6.04 Å². The first-order valence-electron chi connectivity index (χ1n) is 6.26. The highest BCUT2D eigenvalue weighted by atomic mass is 16.5. The van der Waals surface area contributed by atoms with Crippen molar-refractivity contribution in [1.29, 1.82) is 0 Å². The predicted octanol–water partition coefficient (Wildman–Crippen LogP) is -0.223. The number of esters is 1. The Bertz CT molecular complexity index is 283. The lowest BCUT2D eigenvalue weighted by molar-refractivity contribution is -0.146. The summed E-state index contributed by atoms with van der Waals surface area (Å²) in [5, 5.41) is 2.81. The van der Waals surface area contributed by atoms with Gasteiger partial charge in [-0.25, -0.2) is 0 Å². The maximum atomic E-state index is 11.7. The number of nitrogens with zero attached hydrogens (tertiary/aromatic N) is 1. The van der Waals surface area contributed by atoms with Crippen LogP contribution in [-0.4, -0.2) is 63.3 Å². The van der Waals surface area contributed by atoms with Crippen molar-refractivity contribution in [3.05, 3.63) is 0 Å². The molecule has 0 radical (unpaired) electrons. The molecule has 6 nitrogen and oxygen atoms in total. The monoisotopic (exact) mass is 258 g/mol. The fraction of sp³-hybridized carbons (Fsp3) is 0.833. The zero-order valence-corrected chi connectivity index (χ0v) is 11.1. The Hall–Kier alpha value is -1.14. The van der Waals surface area contributed by atoms with Gasteiger partial charge >= 0.3 is 5.97 Å². The van der Waals surface area contributed by atoms with Gasteiger partial charge in [0.25, 0.3) is 0 Å². The molecule has 0 saturated carbocycles. The summed E-state index contributed by atoms with van der Waals surface area (Å²) in [4.78, 5) is 25.0. The van der Waals surface area contributed by atoms with Crippen LogP contribution in [0.15, 0.2) is 0 Å². The second-order valence-electron chi connectivity index (χ2n) is 4.35. The van der Waals surface area contributed by atoms with Crippen molar-refractivity contribution in [3.8, 4) is 0 Å². The van der Waals surface area contributed by atoms with Crippen LogP contribution in [0.1, 0.15) is 19.3 Å². The van der Waals surface area contributed by atoms with Crippen LogP contribution in [0.25, 0.3) is 0 Å². The highest BCUT2D eigenvalue weighted by molar-refractivity contribution is 5.80. The highest BCUT2D eigenvalue weighted by Crippen LogP contribution is 2.17. The molecule has 1 N–H and O–H groups in total. The highest BCUT2D eigenvalue weighted by Gasteiger charge is 2.32. The van der Waals surface area contributed by atoms with E-state index in [9.17, 15) is 9.59 Å². The van der Waals surface area contributed by atoms with E-state index in [0.29, 0.717) is 13.2 Å². The molecule has 1 amide bonds. The summed E-state index contributed by atoms with van der Waals surface area (Å²) in [6, 6.07) is -0.264. The fourth-order valence-corrected chi connectivity index (χ4v) is 2.10. The molecule has 1 heterocycles. The molecular formula is C12H22N2O4. The lowest BCUT2D eigenvalue weighted by Gasteiger charge is -2.21. The van der Waals surface area contributed by atoms with E-state index >= 15 is 0 Å². The van der Waals surface area contributed by atoms with Gasteiger partial charge < -0.3 is 14.8 Å². The Labute approximate surface area is 108 Å². The Morgan fingerprint density at radius 1 is 1.39 bits per heavy atom. The summed E-state index contributed by atoms with van der Waals surface area (Å²) in [7, 11) is 3.01. The number of carbonyl (C=O) groups excluding carboxylic acids is 2. The number of methoxy groups -OCH3 is 2. The number of likely N-dealkylation sites (tertiary alicyclic amines) is 1. The minimum atomic E-state index is -0.264. The van der Waals surface area contributed by atoms with Gasteiger partial charge in [-0.05, 0) is 25.8 Å². The summed E-state index contributed by atoms with van der Waals surface area (Å²) in [6.45, 7) is 2.26. The van der Waals surface area contributed by atoms with E-state index in [-0.39, 0.29) is 24.5 Å². The molecule has 1 atom stereocenters. The molecule has 1 saturated heterocycles. The number of nitrogens with one attached hydrogen (secondary N) is 1. The Balaban J connectivity index is 2.27. The van der Waals surface area contributed by atoms with Crippen LogP contribution in [0.5, 0.6) is 0 Å². The molecule has 6 heteroatoms. The fourth-order valence-electron chi connectivity index (χ4n) is 2.10. The summed E-state index contributed by atoms with van der Waals surface area (Å²) in [5.41, 5.74) is 0. The quantitative estimate of drug-likeness (QED) is 0.505. The van der Waals surface area contributed by atoms with Crippen LogP contribution in [-0.2, 0) is 19.1 Å². The molecule has 0 bridgehead atoms. The molecule has 1 rings (SSSR count). The normalized spacial score (nSPS) is 19.8. The smallest absolute Gasteiger partial charge is 0.323 e. The van der Waals surface area contributed by atoms with Gasteiger partial charge in [-0.2, -0.15) is 0 Å². The van der Waals surface area contributed by atoms with Crippen molar-refractivity contribution in [1.82, 2.24) is 10.2 Å². The minimum Gasteiger partial charge on any atom is -0.468 e. The number of hydrogen-bond donors (Lipinski definition) is 1. The number of hydrogen-bond acceptors (Lipinski definition) is 5. The molecular weight excluding hydrogens is 236 g/mol. The third kappa shape index (κ3) is 4.62. The van der Waals surface area contributed by atoms with Gasteiger partial charge in [0, 0.05) is 20.3 Å². The third-order valence-corrected chi connectivity index (χ3v) is 3.03. The predicted molar refractivity (Wildman–Crippen MR) is 66.1 cm³/mol. The average molecular weight is 258 g/mol. The molecule has 0 aromatic carbocycles. The van der Waals surface area contributed by atoms with Gasteiger partial charge in [-0.15, -0.1) is 0 Å². The molecule has 0 aromatic rings. The number of rotatable bonds is 7. The van der Waals surface area contributed by atoms with Crippen molar-refractivity contribution in [3.63, 3.8) is 0 Å². The van der Waals surface area contributed by atoms with Crippen molar-refractivity contribution < 1.29 is 19.1 Å². The number of carbonyl (C=O) groups is 2. The average Bonchev–Trinajstić information content (AvgIpc) is 2.82. The van der Waals surface area contributed by atoms with Crippen LogP contribution in [0.3, 0.4) is 0 Å². The molecule has 1 fully saturated rings. The molecule has 0 aliphatic carbocycles. The second kappa shape index (κ2) is 8.05. The maximum absolute atomic E-state index is 11.7. The van der Waals surface area contributed by atoms with Crippen molar-refractivity contribution >= 4 is 11.9 Å². The van der Waals surface area contributed by atoms with Crippen LogP contribution in [0.4, 0.5) is 0 Å². The maximum Gasteiger partial charge on any atom is 0.323 e. The van der Waals surface area contributed by atoms with E-state index in [1.54, 1.807) is 7.11 Å². The van der Waals surface area contributed by atoms with Gasteiger partial charge in [0.15, 0.2) is 0 Å². The first-order valence-corrected chi connectivity index (χ1v) is 6.26. The van der Waals surface area contributed by atoms with Gasteiger partial charge in [0.2, 0.25) is 5.91 Å². The number of ether oxygens (including phenoxy) is 2. The van der Waals surface area contributed by atoms with Gasteiger partial charge in [-0.3, -0.25) is 14.5 Å². The van der Waals surface area contributed by atoms with E-state index in [4.69, 9.17) is 9.47 Å². The summed E-state index contributed by atoms with van der Waals surface area (Å²) < 4.78 is 9.63. The molecule has 18 heavy (non-hydrogen) atoms. The van der Waals surface area contributed by atoms with Crippen LogP contribution in [0.2, 0.25) is 0 Å². The molecule has 0 spiro atoms. The molecule has 1 aliphatic rings. The van der Waals surface area contributed by atoms with E-state index in [1.165, 1.54) is 7.11 Å². The van der Waals surface area contributed by atoms with Crippen LogP contribution in [0, 0.1) is 0 Å². The van der Waals surface area contributed by atoms with Crippen LogP contribution < -0.4 is 5.32 Å². The van der Waals surface area contributed by atoms with Gasteiger partial charge in [0.05, 0.1) is 13.7 Å². The molecule has 104 valence electrons. The molecule has 1 aliphatic heterocycles. The van der Waals surface area contributed by atoms with Crippen LogP contribution >= 0.6 is 0 Å². The Kier molecular flexibility index (Phi) is 6.67.